The van der Waals surface area contributed by atoms with Crippen molar-refractivity contribution in [1.29, 1.82) is 0 Å². The van der Waals surface area contributed by atoms with Crippen LogP contribution in [0.5, 0.6) is 0 Å². The average molecular weight is 261 g/mol. The Morgan fingerprint density at radius 1 is 1.57 bits per heavy atom. The molecule has 1 aromatic rings. The lowest BCUT2D eigenvalue weighted by molar-refractivity contribution is -0.122. The van der Waals surface area contributed by atoms with Gasteiger partial charge < -0.3 is 9.90 Å². The molecule has 0 heterocycles. The average Bonchev–Trinajstić information content (AvgIpc) is 2.01. The Kier molecular flexibility index (Phi) is 3.39. The van der Waals surface area contributed by atoms with Gasteiger partial charge in [-0.3, -0.25) is 0 Å². The summed E-state index contributed by atoms with van der Waals surface area (Å²) in [6.07, 6.45) is 0.554. The summed E-state index contributed by atoms with van der Waals surface area (Å²) in [6, 6.07) is 4.28. The third-order valence-electron chi connectivity index (χ3n) is 1.74. The highest BCUT2D eigenvalue weighted by Crippen LogP contribution is 2.18. The fourth-order valence-corrected chi connectivity index (χ4v) is 1.68. The van der Waals surface area contributed by atoms with Crippen molar-refractivity contribution in [2.75, 3.05) is 0 Å². The van der Waals surface area contributed by atoms with Crippen molar-refractivity contribution in [3.63, 3.8) is 0 Å². The molecule has 4 heteroatoms. The second-order valence-corrected chi connectivity index (χ2v) is 4.35. The molecule has 1 rings (SSSR count). The predicted molar refractivity (Wildman–Crippen MR) is 54.5 cm³/mol. The van der Waals surface area contributed by atoms with Gasteiger partial charge >= 0.3 is 0 Å². The molecule has 0 aliphatic carbocycles. The number of carbonyl (C=O) groups is 1. The molecule has 1 aromatic carbocycles. The Balaban J connectivity index is 2.92. The molecule has 0 saturated carbocycles. The molecular formula is C10H10BrFO2. The maximum absolute atomic E-state index is 12.9. The number of benzene rings is 1. The lowest BCUT2D eigenvalue weighted by Crippen LogP contribution is -2.28. The summed E-state index contributed by atoms with van der Waals surface area (Å²) >= 11 is 3.13. The molecule has 0 aromatic heterocycles. The van der Waals surface area contributed by atoms with Gasteiger partial charge in [-0.25, -0.2) is 4.39 Å². The van der Waals surface area contributed by atoms with E-state index in [2.05, 4.69) is 15.9 Å². The van der Waals surface area contributed by atoms with Crippen molar-refractivity contribution in [3.8, 4) is 0 Å². The van der Waals surface area contributed by atoms with Crippen molar-refractivity contribution >= 4 is 22.2 Å². The summed E-state index contributed by atoms with van der Waals surface area (Å²) in [6.45, 7) is 1.39. The molecule has 1 N–H and O–H groups in total. The summed E-state index contributed by atoms with van der Waals surface area (Å²) in [5.41, 5.74) is -0.860. The van der Waals surface area contributed by atoms with Crippen LogP contribution in [0.2, 0.25) is 0 Å². The van der Waals surface area contributed by atoms with E-state index in [0.29, 0.717) is 16.3 Å². The molecule has 76 valence electrons. The van der Waals surface area contributed by atoms with Crippen LogP contribution in [0.25, 0.3) is 0 Å². The predicted octanol–water partition coefficient (Wildman–Crippen LogP) is 2.08. The van der Waals surface area contributed by atoms with E-state index in [4.69, 9.17) is 0 Å². The second kappa shape index (κ2) is 4.19. The first-order valence-corrected chi connectivity index (χ1v) is 4.86. The first-order valence-electron chi connectivity index (χ1n) is 4.07. The standard InChI is InChI=1S/C10H10BrFO2/c1-10(14,6-13)5-7-2-8(11)4-9(12)3-7/h2-4,6,14H,5H2,1H3. The van der Waals surface area contributed by atoms with Crippen molar-refractivity contribution in [3.05, 3.63) is 34.1 Å². The zero-order chi connectivity index (χ0) is 10.8. The van der Waals surface area contributed by atoms with E-state index in [1.807, 2.05) is 0 Å². The second-order valence-electron chi connectivity index (χ2n) is 3.43. The zero-order valence-corrected chi connectivity index (χ0v) is 9.21. The normalized spacial score (nSPS) is 14.9. The number of aldehydes is 1. The van der Waals surface area contributed by atoms with Crippen LogP contribution in [0, 0.1) is 5.82 Å². The van der Waals surface area contributed by atoms with Gasteiger partial charge in [-0.15, -0.1) is 0 Å². The monoisotopic (exact) mass is 260 g/mol. The van der Waals surface area contributed by atoms with Gasteiger partial charge in [0.2, 0.25) is 0 Å². The SMILES string of the molecule is CC(O)(C=O)Cc1cc(F)cc(Br)c1. The van der Waals surface area contributed by atoms with Gasteiger partial charge in [0.05, 0.1) is 0 Å². The third kappa shape index (κ3) is 3.20. The quantitative estimate of drug-likeness (QED) is 0.846. The zero-order valence-electron chi connectivity index (χ0n) is 7.63. The van der Waals surface area contributed by atoms with E-state index in [1.54, 1.807) is 6.07 Å². The number of hydrogen-bond acceptors (Lipinski definition) is 2. The van der Waals surface area contributed by atoms with E-state index in [1.165, 1.54) is 19.1 Å². The van der Waals surface area contributed by atoms with Crippen LogP contribution in [0.4, 0.5) is 4.39 Å². The van der Waals surface area contributed by atoms with Gasteiger partial charge in [0.1, 0.15) is 11.4 Å². The number of carbonyl (C=O) groups excluding carboxylic acids is 1. The largest absolute Gasteiger partial charge is 0.382 e. The van der Waals surface area contributed by atoms with Gasteiger partial charge in [-0.1, -0.05) is 15.9 Å². The molecule has 0 fully saturated rings. The van der Waals surface area contributed by atoms with E-state index in [0.717, 1.165) is 0 Å². The molecule has 0 bridgehead atoms. The molecule has 0 spiro atoms. The summed E-state index contributed by atoms with van der Waals surface area (Å²) in [5, 5.41) is 9.45. The van der Waals surface area contributed by atoms with E-state index in [-0.39, 0.29) is 6.42 Å². The van der Waals surface area contributed by atoms with Crippen LogP contribution < -0.4 is 0 Å². The summed E-state index contributed by atoms with van der Waals surface area (Å²) in [7, 11) is 0. The Bertz CT molecular complexity index is 330. The third-order valence-corrected chi connectivity index (χ3v) is 2.20. The van der Waals surface area contributed by atoms with E-state index in [9.17, 15) is 14.3 Å². The Labute approximate surface area is 89.9 Å². The van der Waals surface area contributed by atoms with Crippen LogP contribution >= 0.6 is 15.9 Å². The fraction of sp³-hybridized carbons (Fsp3) is 0.300. The fourth-order valence-electron chi connectivity index (χ4n) is 1.17. The number of aliphatic hydroxyl groups is 1. The minimum absolute atomic E-state index is 0.104. The van der Waals surface area contributed by atoms with Crippen molar-refractivity contribution < 1.29 is 14.3 Å². The van der Waals surface area contributed by atoms with Crippen molar-refractivity contribution in [2.24, 2.45) is 0 Å². The maximum atomic E-state index is 12.9. The number of rotatable bonds is 3. The lowest BCUT2D eigenvalue weighted by Gasteiger charge is -2.15. The van der Waals surface area contributed by atoms with Gasteiger partial charge in [0.15, 0.2) is 6.29 Å². The highest BCUT2D eigenvalue weighted by molar-refractivity contribution is 9.10. The Morgan fingerprint density at radius 3 is 2.71 bits per heavy atom. The van der Waals surface area contributed by atoms with Crippen LogP contribution in [0.1, 0.15) is 12.5 Å². The van der Waals surface area contributed by atoms with Gasteiger partial charge in [0, 0.05) is 10.9 Å². The molecule has 0 radical (unpaired) electrons. The molecule has 0 aliphatic heterocycles. The number of halogens is 2. The maximum Gasteiger partial charge on any atom is 0.151 e. The molecule has 0 aliphatic rings. The van der Waals surface area contributed by atoms with Gasteiger partial charge in [-0.05, 0) is 30.7 Å². The highest BCUT2D eigenvalue weighted by Gasteiger charge is 2.19. The first-order chi connectivity index (χ1) is 6.43. The molecule has 1 unspecified atom stereocenters. The summed E-state index contributed by atoms with van der Waals surface area (Å²) in [4.78, 5) is 10.4. The molecule has 1 atom stereocenters. The molecule has 14 heavy (non-hydrogen) atoms. The molecule has 0 saturated heterocycles. The van der Waals surface area contributed by atoms with Crippen LogP contribution in [0.15, 0.2) is 22.7 Å². The summed E-state index contributed by atoms with van der Waals surface area (Å²) in [5.74, 6) is -0.393. The Hall–Kier alpha value is -0.740. The van der Waals surface area contributed by atoms with E-state index < -0.39 is 11.4 Å². The van der Waals surface area contributed by atoms with Crippen LogP contribution in [-0.2, 0) is 11.2 Å². The molecule has 0 amide bonds. The van der Waals surface area contributed by atoms with Gasteiger partial charge in [0.25, 0.3) is 0 Å². The van der Waals surface area contributed by atoms with Gasteiger partial charge in [-0.2, -0.15) is 0 Å². The van der Waals surface area contributed by atoms with Crippen molar-refractivity contribution in [2.45, 2.75) is 18.9 Å². The van der Waals surface area contributed by atoms with E-state index >= 15 is 0 Å². The Morgan fingerprint density at radius 2 is 2.21 bits per heavy atom. The number of hydrogen-bond donors (Lipinski definition) is 1. The van der Waals surface area contributed by atoms with Crippen LogP contribution in [0.3, 0.4) is 0 Å². The summed E-state index contributed by atoms with van der Waals surface area (Å²) < 4.78 is 13.5. The highest BCUT2D eigenvalue weighted by atomic mass is 79.9. The van der Waals surface area contributed by atoms with Crippen molar-refractivity contribution in [1.82, 2.24) is 0 Å². The lowest BCUT2D eigenvalue weighted by atomic mass is 9.98. The molecule has 2 nitrogen and oxygen atoms in total. The topological polar surface area (TPSA) is 37.3 Å². The molecular weight excluding hydrogens is 251 g/mol. The minimum Gasteiger partial charge on any atom is -0.382 e. The first kappa shape index (κ1) is 11.3. The minimum atomic E-state index is -1.44. The smallest absolute Gasteiger partial charge is 0.151 e. The van der Waals surface area contributed by atoms with Crippen LogP contribution in [-0.4, -0.2) is 17.0 Å².